The third-order valence-corrected chi connectivity index (χ3v) is 6.11. The van der Waals surface area contributed by atoms with Gasteiger partial charge in [0.15, 0.2) is 11.5 Å². The van der Waals surface area contributed by atoms with Gasteiger partial charge in [0.25, 0.3) is 0 Å². The minimum Gasteiger partial charge on any atom is -0.388 e. The van der Waals surface area contributed by atoms with Crippen molar-refractivity contribution in [1.82, 2.24) is 29.1 Å². The monoisotopic (exact) mass is 412 g/mol. The highest BCUT2D eigenvalue weighted by atomic mass is 16.3. The molecule has 154 valence electrons. The molecule has 1 aliphatic rings. The number of aliphatic hydroxyl groups excluding tert-OH is 1. The molecule has 0 amide bonds. The van der Waals surface area contributed by atoms with Crippen LogP contribution in [0.15, 0.2) is 59.8 Å². The Labute approximate surface area is 176 Å². The molecule has 0 bridgehead atoms. The molecule has 4 heterocycles. The van der Waals surface area contributed by atoms with Gasteiger partial charge in [-0.15, -0.1) is 0 Å². The number of rotatable bonds is 2. The molecule has 0 radical (unpaired) electrons. The van der Waals surface area contributed by atoms with Crippen LogP contribution in [0.2, 0.25) is 0 Å². The van der Waals surface area contributed by atoms with Crippen LogP contribution in [0.5, 0.6) is 0 Å². The minimum atomic E-state index is -0.513. The highest BCUT2D eigenvalue weighted by Gasteiger charge is 2.29. The first-order chi connectivity index (χ1) is 15.1. The molecule has 0 aliphatic heterocycles. The molecule has 5 aromatic rings. The Morgan fingerprint density at radius 2 is 1.97 bits per heavy atom. The van der Waals surface area contributed by atoms with Gasteiger partial charge in [0.2, 0.25) is 0 Å². The number of hydrogen-bond donors (Lipinski definition) is 2. The fourth-order valence-electron chi connectivity index (χ4n) is 4.61. The Balaban J connectivity index is 1.56. The molecule has 1 aromatic carbocycles. The van der Waals surface area contributed by atoms with Crippen LogP contribution < -0.4 is 5.69 Å². The molecular weight excluding hydrogens is 392 g/mol. The molecule has 0 spiro atoms. The first-order valence-electron chi connectivity index (χ1n) is 10.3. The largest absolute Gasteiger partial charge is 0.388 e. The van der Waals surface area contributed by atoms with Gasteiger partial charge in [-0.2, -0.15) is 5.10 Å². The van der Waals surface area contributed by atoms with Gasteiger partial charge in [-0.1, -0.05) is 24.3 Å². The molecule has 0 fully saturated rings. The van der Waals surface area contributed by atoms with E-state index >= 15 is 0 Å². The second-order valence-electron chi connectivity index (χ2n) is 8.06. The van der Waals surface area contributed by atoms with Crippen LogP contribution in [0.3, 0.4) is 0 Å². The van der Waals surface area contributed by atoms with Gasteiger partial charge >= 0.3 is 5.69 Å². The summed E-state index contributed by atoms with van der Waals surface area (Å²) in [7, 11) is 0. The van der Waals surface area contributed by atoms with Crippen molar-refractivity contribution in [2.75, 3.05) is 0 Å². The van der Waals surface area contributed by atoms with Gasteiger partial charge in [0, 0.05) is 6.20 Å². The maximum atomic E-state index is 12.9. The lowest BCUT2D eigenvalue weighted by Crippen LogP contribution is -2.27. The molecule has 1 aliphatic carbocycles. The number of fused-ring (bicyclic) bond motifs is 3. The van der Waals surface area contributed by atoms with Crippen LogP contribution in [-0.2, 0) is 0 Å². The smallest absolute Gasteiger partial charge is 0.328 e. The number of nitrogens with one attached hydrogen (secondary N) is 1. The summed E-state index contributed by atoms with van der Waals surface area (Å²) in [5, 5.41) is 14.8. The highest BCUT2D eigenvalue weighted by molar-refractivity contribution is 5.79. The molecule has 31 heavy (non-hydrogen) atoms. The van der Waals surface area contributed by atoms with Crippen molar-refractivity contribution in [3.63, 3.8) is 0 Å². The minimum absolute atomic E-state index is 0.199. The maximum absolute atomic E-state index is 12.9. The average Bonchev–Trinajstić information content (AvgIpc) is 3.34. The summed E-state index contributed by atoms with van der Waals surface area (Å²) in [5.41, 5.74) is 5.58. The SMILES string of the molecule is Cc1ccn2ncc(-c3ncc4[nH]c(=O)n(C5CCC(O)c6ccccc65)c4n3)c2c1. The molecule has 0 saturated heterocycles. The second kappa shape index (κ2) is 6.61. The van der Waals surface area contributed by atoms with Crippen LogP contribution in [0.4, 0.5) is 0 Å². The van der Waals surface area contributed by atoms with Gasteiger partial charge in [-0.3, -0.25) is 4.57 Å². The lowest BCUT2D eigenvalue weighted by Gasteiger charge is -2.29. The summed E-state index contributed by atoms with van der Waals surface area (Å²) in [6.45, 7) is 2.03. The predicted octanol–water partition coefficient (Wildman–Crippen LogP) is 3.16. The van der Waals surface area contributed by atoms with E-state index in [1.807, 2.05) is 49.5 Å². The normalized spacial score (nSPS) is 18.5. The van der Waals surface area contributed by atoms with Crippen molar-refractivity contribution >= 4 is 16.7 Å². The zero-order chi connectivity index (χ0) is 21.1. The molecule has 2 unspecified atom stereocenters. The number of pyridine rings is 1. The fraction of sp³-hybridized carbons (Fsp3) is 0.217. The molecule has 2 atom stereocenters. The van der Waals surface area contributed by atoms with Gasteiger partial charge in [0.1, 0.15) is 5.52 Å². The number of nitrogens with zero attached hydrogens (tertiary/aromatic N) is 5. The molecule has 6 rings (SSSR count). The Hall–Kier alpha value is -3.78. The Morgan fingerprint density at radius 3 is 2.84 bits per heavy atom. The van der Waals surface area contributed by atoms with E-state index in [2.05, 4.69) is 15.1 Å². The van der Waals surface area contributed by atoms with E-state index in [-0.39, 0.29) is 11.7 Å². The van der Waals surface area contributed by atoms with Crippen LogP contribution in [0.1, 0.15) is 41.7 Å². The topological polar surface area (TPSA) is 101 Å². The maximum Gasteiger partial charge on any atom is 0.328 e. The first kappa shape index (κ1) is 18.0. The van der Waals surface area contributed by atoms with Crippen molar-refractivity contribution in [1.29, 1.82) is 0 Å². The van der Waals surface area contributed by atoms with Crippen LogP contribution in [0.25, 0.3) is 28.1 Å². The quantitative estimate of drug-likeness (QED) is 0.464. The molecule has 8 heteroatoms. The summed E-state index contributed by atoms with van der Waals surface area (Å²) < 4.78 is 3.49. The van der Waals surface area contributed by atoms with Gasteiger partial charge in [0.05, 0.1) is 35.6 Å². The number of benzene rings is 1. The van der Waals surface area contributed by atoms with E-state index < -0.39 is 6.10 Å². The number of aromatic amines is 1. The van der Waals surface area contributed by atoms with Gasteiger partial charge in [-0.25, -0.2) is 19.3 Å². The molecule has 4 aromatic heterocycles. The van der Waals surface area contributed by atoms with E-state index in [1.165, 1.54) is 0 Å². The summed E-state index contributed by atoms with van der Waals surface area (Å²) >= 11 is 0. The van der Waals surface area contributed by atoms with E-state index in [1.54, 1.807) is 21.5 Å². The van der Waals surface area contributed by atoms with Crippen molar-refractivity contribution < 1.29 is 5.11 Å². The van der Waals surface area contributed by atoms with Crippen molar-refractivity contribution in [3.05, 3.63) is 82.2 Å². The highest BCUT2D eigenvalue weighted by Crippen LogP contribution is 2.38. The predicted molar refractivity (Wildman–Crippen MR) is 116 cm³/mol. The zero-order valence-electron chi connectivity index (χ0n) is 16.9. The summed E-state index contributed by atoms with van der Waals surface area (Å²) in [4.78, 5) is 25.1. The average molecular weight is 412 g/mol. The summed E-state index contributed by atoms with van der Waals surface area (Å²) in [6, 6.07) is 11.6. The fourth-order valence-corrected chi connectivity index (χ4v) is 4.61. The zero-order valence-corrected chi connectivity index (χ0v) is 16.9. The van der Waals surface area contributed by atoms with Crippen molar-refractivity contribution in [3.8, 4) is 11.4 Å². The lowest BCUT2D eigenvalue weighted by molar-refractivity contribution is 0.147. The molecule has 0 saturated carbocycles. The van der Waals surface area contributed by atoms with Crippen molar-refractivity contribution in [2.45, 2.75) is 31.9 Å². The first-order valence-corrected chi connectivity index (χ1v) is 10.3. The second-order valence-corrected chi connectivity index (χ2v) is 8.06. The van der Waals surface area contributed by atoms with Crippen molar-refractivity contribution in [2.24, 2.45) is 0 Å². The van der Waals surface area contributed by atoms with Gasteiger partial charge < -0.3 is 10.1 Å². The van der Waals surface area contributed by atoms with E-state index in [4.69, 9.17) is 4.98 Å². The summed E-state index contributed by atoms with van der Waals surface area (Å²) in [5.74, 6) is 0.518. The van der Waals surface area contributed by atoms with Crippen LogP contribution >= 0.6 is 0 Å². The van der Waals surface area contributed by atoms with E-state index in [0.29, 0.717) is 29.8 Å². The Bertz CT molecular complexity index is 1510. The van der Waals surface area contributed by atoms with E-state index in [0.717, 1.165) is 27.8 Å². The summed E-state index contributed by atoms with van der Waals surface area (Å²) in [6.07, 6.45) is 6.03. The number of aromatic nitrogens is 6. The molecule has 8 nitrogen and oxygen atoms in total. The van der Waals surface area contributed by atoms with Crippen LogP contribution in [-0.4, -0.2) is 34.2 Å². The standard InChI is InChI=1S/C23H20N6O2/c1-13-8-9-28-19(10-13)16(11-25-28)21-24-12-17-22(27-21)29(23(31)26-17)18-6-7-20(30)15-5-3-2-4-14(15)18/h2-5,8-12,18,20,30H,6-7H2,1H3,(H,26,31). The number of aryl methyl sites for hydroxylation is 1. The number of imidazole rings is 1. The third-order valence-electron chi connectivity index (χ3n) is 6.11. The third kappa shape index (κ3) is 2.72. The number of hydrogen-bond acceptors (Lipinski definition) is 5. The Kier molecular flexibility index (Phi) is 3.85. The molecule has 2 N–H and O–H groups in total. The number of aliphatic hydroxyl groups is 1. The number of H-pyrrole nitrogens is 1. The lowest BCUT2D eigenvalue weighted by atomic mass is 9.85. The Morgan fingerprint density at radius 1 is 1.13 bits per heavy atom. The molecular formula is C23H20N6O2. The van der Waals surface area contributed by atoms with E-state index in [9.17, 15) is 9.90 Å². The van der Waals surface area contributed by atoms with Crippen LogP contribution in [0, 0.1) is 6.92 Å². The van der Waals surface area contributed by atoms with Gasteiger partial charge in [-0.05, 0) is 48.6 Å².